The Labute approximate surface area is 120 Å². The molecule has 2 rings (SSSR count). The van der Waals surface area contributed by atoms with Gasteiger partial charge in [-0.3, -0.25) is 9.13 Å². The zero-order chi connectivity index (χ0) is 14.7. The first-order valence-corrected chi connectivity index (χ1v) is 7.04. The van der Waals surface area contributed by atoms with Crippen molar-refractivity contribution in [2.45, 2.75) is 39.4 Å². The van der Waals surface area contributed by atoms with Gasteiger partial charge in [0.15, 0.2) is 0 Å². The van der Waals surface area contributed by atoms with Crippen LogP contribution in [0.3, 0.4) is 0 Å². The minimum Gasteiger partial charge on any atom is -0.312 e. The van der Waals surface area contributed by atoms with Gasteiger partial charge in [0.25, 0.3) is 0 Å². The van der Waals surface area contributed by atoms with E-state index in [-0.39, 0.29) is 17.8 Å². The van der Waals surface area contributed by atoms with Gasteiger partial charge in [0.05, 0.1) is 6.04 Å². The maximum absolute atomic E-state index is 12.3. The normalized spacial score (nSPS) is 12.8. The molecule has 20 heavy (non-hydrogen) atoms. The van der Waals surface area contributed by atoms with Crippen LogP contribution in [0.4, 0.5) is 0 Å². The largest absolute Gasteiger partial charge is 0.328 e. The smallest absolute Gasteiger partial charge is 0.312 e. The van der Waals surface area contributed by atoms with Gasteiger partial charge < -0.3 is 5.32 Å². The number of hydrogen-bond donors (Lipinski definition) is 1. The maximum atomic E-state index is 12.3. The summed E-state index contributed by atoms with van der Waals surface area (Å²) in [5.41, 5.74) is 2.49. The number of aromatic nitrogens is 2. The van der Waals surface area contributed by atoms with Crippen LogP contribution in [0.1, 0.15) is 37.1 Å². The third-order valence-electron chi connectivity index (χ3n) is 3.60. The molecule has 0 saturated heterocycles. The minimum atomic E-state index is 0.0490. The van der Waals surface area contributed by atoms with E-state index in [2.05, 4.69) is 36.5 Å². The zero-order valence-corrected chi connectivity index (χ0v) is 12.6. The lowest BCUT2D eigenvalue weighted by atomic mass is 10.0. The molecule has 1 aromatic heterocycles. The van der Waals surface area contributed by atoms with E-state index in [1.165, 1.54) is 11.1 Å². The number of aryl methyl sites for hydroxylation is 1. The molecule has 2 aromatic rings. The van der Waals surface area contributed by atoms with Gasteiger partial charge in [-0.15, -0.1) is 0 Å². The lowest BCUT2D eigenvalue weighted by Crippen LogP contribution is -2.30. The van der Waals surface area contributed by atoms with Crippen LogP contribution >= 0.6 is 0 Å². The van der Waals surface area contributed by atoms with Crippen molar-refractivity contribution in [3.05, 3.63) is 58.3 Å². The predicted octanol–water partition coefficient (Wildman–Crippen LogP) is 2.50. The first kappa shape index (κ1) is 14.6. The van der Waals surface area contributed by atoms with Gasteiger partial charge in [-0.05, 0) is 33.4 Å². The number of nitrogens with one attached hydrogen (secondary N) is 1. The average molecular weight is 273 g/mol. The van der Waals surface area contributed by atoms with Crippen molar-refractivity contribution >= 4 is 0 Å². The molecule has 4 nitrogen and oxygen atoms in total. The molecule has 1 atom stereocenters. The average Bonchev–Trinajstić information content (AvgIpc) is 2.77. The molecule has 0 bridgehead atoms. The van der Waals surface area contributed by atoms with Crippen LogP contribution in [0.15, 0.2) is 41.5 Å². The molecular formula is C16H23N3O. The van der Waals surface area contributed by atoms with Crippen LogP contribution < -0.4 is 11.0 Å². The summed E-state index contributed by atoms with van der Waals surface area (Å²) in [6.45, 7) is 6.75. The standard InChI is InChI=1S/C16H23N3O/c1-12(2)19-9-8-18(16(19)20)11-15(17-4)14-7-5-6-13(3)10-14/h5-10,12,15,17H,11H2,1-4H3. The summed E-state index contributed by atoms with van der Waals surface area (Å²) in [4.78, 5) is 12.3. The first-order valence-electron chi connectivity index (χ1n) is 7.04. The Morgan fingerprint density at radius 2 is 2.00 bits per heavy atom. The monoisotopic (exact) mass is 273 g/mol. The molecular weight excluding hydrogens is 250 g/mol. The van der Waals surface area contributed by atoms with Crippen LogP contribution in [0.25, 0.3) is 0 Å². The van der Waals surface area contributed by atoms with Crippen molar-refractivity contribution in [3.63, 3.8) is 0 Å². The van der Waals surface area contributed by atoms with E-state index >= 15 is 0 Å². The number of imidazole rings is 1. The Morgan fingerprint density at radius 1 is 1.25 bits per heavy atom. The lowest BCUT2D eigenvalue weighted by Gasteiger charge is -2.17. The topological polar surface area (TPSA) is 39.0 Å². The first-order chi connectivity index (χ1) is 9.52. The second-order valence-electron chi connectivity index (χ2n) is 5.49. The van der Waals surface area contributed by atoms with Crippen LogP contribution in [0.2, 0.25) is 0 Å². The fraction of sp³-hybridized carbons (Fsp3) is 0.438. The molecule has 1 aromatic carbocycles. The second-order valence-corrected chi connectivity index (χ2v) is 5.49. The number of nitrogens with zero attached hydrogens (tertiary/aromatic N) is 2. The van der Waals surface area contributed by atoms with Crippen molar-refractivity contribution in [2.75, 3.05) is 7.05 Å². The van der Waals surface area contributed by atoms with Gasteiger partial charge in [0.2, 0.25) is 0 Å². The van der Waals surface area contributed by atoms with Crippen molar-refractivity contribution in [2.24, 2.45) is 0 Å². The van der Waals surface area contributed by atoms with E-state index in [0.29, 0.717) is 6.54 Å². The van der Waals surface area contributed by atoms with E-state index in [1.807, 2.05) is 33.3 Å². The minimum absolute atomic E-state index is 0.0490. The molecule has 0 fully saturated rings. The fourth-order valence-electron chi connectivity index (χ4n) is 2.41. The number of hydrogen-bond acceptors (Lipinski definition) is 2. The summed E-state index contributed by atoms with van der Waals surface area (Å²) in [5.74, 6) is 0. The Kier molecular flexibility index (Phi) is 4.45. The molecule has 108 valence electrons. The Balaban J connectivity index is 2.25. The molecule has 1 unspecified atom stereocenters. The van der Waals surface area contributed by atoms with E-state index in [1.54, 1.807) is 9.13 Å². The highest BCUT2D eigenvalue weighted by atomic mass is 16.1. The lowest BCUT2D eigenvalue weighted by molar-refractivity contribution is 0.475. The van der Waals surface area contributed by atoms with Gasteiger partial charge in [-0.2, -0.15) is 0 Å². The summed E-state index contributed by atoms with van der Waals surface area (Å²) >= 11 is 0. The molecule has 0 spiro atoms. The summed E-state index contributed by atoms with van der Waals surface area (Å²) in [7, 11) is 1.93. The summed E-state index contributed by atoms with van der Waals surface area (Å²) in [6.07, 6.45) is 3.72. The van der Waals surface area contributed by atoms with Crippen LogP contribution in [0, 0.1) is 6.92 Å². The number of benzene rings is 1. The molecule has 0 aliphatic heterocycles. The maximum Gasteiger partial charge on any atom is 0.328 e. The highest BCUT2D eigenvalue weighted by Crippen LogP contribution is 2.16. The van der Waals surface area contributed by atoms with Gasteiger partial charge in [0, 0.05) is 25.0 Å². The molecule has 1 N–H and O–H groups in total. The molecule has 0 amide bonds. The van der Waals surface area contributed by atoms with Crippen molar-refractivity contribution in [1.82, 2.24) is 14.5 Å². The third kappa shape index (κ3) is 3.02. The van der Waals surface area contributed by atoms with Crippen LogP contribution in [0.5, 0.6) is 0 Å². The van der Waals surface area contributed by atoms with E-state index in [0.717, 1.165) is 0 Å². The molecule has 1 heterocycles. The molecule has 4 heteroatoms. The molecule has 0 aliphatic rings. The predicted molar refractivity (Wildman–Crippen MR) is 82.1 cm³/mol. The highest BCUT2D eigenvalue weighted by Gasteiger charge is 2.13. The van der Waals surface area contributed by atoms with E-state index in [4.69, 9.17) is 0 Å². The Bertz CT molecular complexity index is 625. The number of likely N-dealkylation sites (N-methyl/N-ethyl adjacent to an activating group) is 1. The fourth-order valence-corrected chi connectivity index (χ4v) is 2.41. The van der Waals surface area contributed by atoms with E-state index < -0.39 is 0 Å². The Hall–Kier alpha value is -1.81. The summed E-state index contributed by atoms with van der Waals surface area (Å²) in [5, 5.41) is 3.29. The van der Waals surface area contributed by atoms with Gasteiger partial charge in [-0.1, -0.05) is 29.8 Å². The highest BCUT2D eigenvalue weighted by molar-refractivity contribution is 5.25. The molecule has 0 radical (unpaired) electrons. The van der Waals surface area contributed by atoms with Crippen molar-refractivity contribution in [1.29, 1.82) is 0 Å². The summed E-state index contributed by atoms with van der Waals surface area (Å²) < 4.78 is 3.52. The summed E-state index contributed by atoms with van der Waals surface area (Å²) in [6, 6.07) is 8.71. The second kappa shape index (κ2) is 6.09. The van der Waals surface area contributed by atoms with Crippen LogP contribution in [-0.4, -0.2) is 16.2 Å². The quantitative estimate of drug-likeness (QED) is 0.909. The van der Waals surface area contributed by atoms with Crippen molar-refractivity contribution in [3.8, 4) is 0 Å². The molecule has 0 saturated carbocycles. The van der Waals surface area contributed by atoms with Gasteiger partial charge in [-0.25, -0.2) is 4.79 Å². The van der Waals surface area contributed by atoms with Gasteiger partial charge >= 0.3 is 5.69 Å². The van der Waals surface area contributed by atoms with E-state index in [9.17, 15) is 4.79 Å². The molecule has 0 aliphatic carbocycles. The SMILES string of the molecule is CNC(Cn1ccn(C(C)C)c1=O)c1cccc(C)c1. The van der Waals surface area contributed by atoms with Crippen LogP contribution in [-0.2, 0) is 6.54 Å². The number of rotatable bonds is 5. The third-order valence-corrected chi connectivity index (χ3v) is 3.60. The Morgan fingerprint density at radius 3 is 2.55 bits per heavy atom. The van der Waals surface area contributed by atoms with Crippen molar-refractivity contribution < 1.29 is 0 Å². The van der Waals surface area contributed by atoms with Gasteiger partial charge in [0.1, 0.15) is 0 Å². The zero-order valence-electron chi connectivity index (χ0n) is 12.6.